The van der Waals surface area contributed by atoms with Crippen LogP contribution in [0.2, 0.25) is 0 Å². The van der Waals surface area contributed by atoms with Crippen molar-refractivity contribution in [2.24, 2.45) is 0 Å². The van der Waals surface area contributed by atoms with Gasteiger partial charge >= 0.3 is 5.97 Å². The van der Waals surface area contributed by atoms with Crippen molar-refractivity contribution in [1.82, 2.24) is 0 Å². The second-order valence-electron chi connectivity index (χ2n) is 3.56. The number of sulfonamides is 1. The molecule has 0 spiro atoms. The SMILES string of the molecule is CCS(=O)(=O)N(C)c1ccc(C(=O)O)cc1OC. The third-order valence-corrected chi connectivity index (χ3v) is 4.31. The molecule has 0 amide bonds. The van der Waals surface area contributed by atoms with Gasteiger partial charge in [-0.3, -0.25) is 4.31 Å². The first-order chi connectivity index (χ1) is 8.33. The van der Waals surface area contributed by atoms with Gasteiger partial charge in [-0.05, 0) is 25.1 Å². The van der Waals surface area contributed by atoms with Crippen LogP contribution >= 0.6 is 0 Å². The van der Waals surface area contributed by atoms with Gasteiger partial charge in [0, 0.05) is 7.05 Å². The molecule has 0 fully saturated rings. The molecule has 1 rings (SSSR count). The molecule has 0 bridgehead atoms. The molecule has 0 heterocycles. The Morgan fingerprint density at radius 2 is 2.06 bits per heavy atom. The Balaban J connectivity index is 3.30. The summed E-state index contributed by atoms with van der Waals surface area (Å²) in [5.74, 6) is -0.942. The minimum Gasteiger partial charge on any atom is -0.495 e. The second kappa shape index (κ2) is 5.26. The van der Waals surface area contributed by atoms with Crippen molar-refractivity contribution in [3.8, 4) is 5.75 Å². The summed E-state index contributed by atoms with van der Waals surface area (Å²) < 4.78 is 29.6. The summed E-state index contributed by atoms with van der Waals surface area (Å²) in [5, 5.41) is 8.85. The van der Waals surface area contributed by atoms with E-state index in [9.17, 15) is 13.2 Å². The van der Waals surface area contributed by atoms with Crippen molar-refractivity contribution in [2.45, 2.75) is 6.92 Å². The number of anilines is 1. The number of methoxy groups -OCH3 is 1. The van der Waals surface area contributed by atoms with E-state index in [2.05, 4.69) is 0 Å². The van der Waals surface area contributed by atoms with Crippen molar-refractivity contribution in [3.63, 3.8) is 0 Å². The van der Waals surface area contributed by atoms with Crippen LogP contribution < -0.4 is 9.04 Å². The highest BCUT2D eigenvalue weighted by atomic mass is 32.2. The van der Waals surface area contributed by atoms with Gasteiger partial charge in [-0.2, -0.15) is 0 Å². The van der Waals surface area contributed by atoms with E-state index in [1.165, 1.54) is 39.3 Å². The topological polar surface area (TPSA) is 83.9 Å². The van der Waals surface area contributed by atoms with Gasteiger partial charge in [0.05, 0.1) is 24.1 Å². The average Bonchev–Trinajstić information content (AvgIpc) is 2.36. The summed E-state index contributed by atoms with van der Waals surface area (Å²) in [7, 11) is -0.653. The van der Waals surface area contributed by atoms with Crippen molar-refractivity contribution in [3.05, 3.63) is 23.8 Å². The summed E-state index contributed by atoms with van der Waals surface area (Å²) in [6, 6.07) is 4.04. The monoisotopic (exact) mass is 273 g/mol. The largest absolute Gasteiger partial charge is 0.495 e. The van der Waals surface area contributed by atoms with E-state index in [-0.39, 0.29) is 17.1 Å². The Hall–Kier alpha value is -1.76. The van der Waals surface area contributed by atoms with E-state index >= 15 is 0 Å². The van der Waals surface area contributed by atoms with E-state index in [1.807, 2.05) is 0 Å². The van der Waals surface area contributed by atoms with Crippen molar-refractivity contribution in [1.29, 1.82) is 0 Å². The Kier molecular flexibility index (Phi) is 4.18. The molecule has 0 saturated carbocycles. The molecule has 7 heteroatoms. The Bertz CT molecular complexity index is 553. The summed E-state index contributed by atoms with van der Waals surface area (Å²) in [4.78, 5) is 10.8. The molecule has 0 aliphatic rings. The third kappa shape index (κ3) is 2.73. The van der Waals surface area contributed by atoms with Crippen LogP contribution in [0.15, 0.2) is 18.2 Å². The molecule has 1 N–H and O–H groups in total. The third-order valence-electron chi connectivity index (χ3n) is 2.55. The highest BCUT2D eigenvalue weighted by Crippen LogP contribution is 2.30. The van der Waals surface area contributed by atoms with Gasteiger partial charge in [-0.15, -0.1) is 0 Å². The lowest BCUT2D eigenvalue weighted by molar-refractivity contribution is 0.0696. The van der Waals surface area contributed by atoms with Crippen molar-refractivity contribution >= 4 is 21.7 Å². The molecule has 0 saturated heterocycles. The van der Waals surface area contributed by atoms with Crippen LogP contribution in [0.5, 0.6) is 5.75 Å². The van der Waals surface area contributed by atoms with Crippen LogP contribution in [0.4, 0.5) is 5.69 Å². The first kappa shape index (κ1) is 14.3. The zero-order valence-electron chi connectivity index (χ0n) is 10.4. The number of hydrogen-bond acceptors (Lipinski definition) is 4. The van der Waals surface area contributed by atoms with E-state index in [1.54, 1.807) is 0 Å². The van der Waals surface area contributed by atoms with Crippen LogP contribution in [0, 0.1) is 0 Å². The average molecular weight is 273 g/mol. The molecule has 0 aliphatic heterocycles. The molecular weight excluding hydrogens is 258 g/mol. The number of nitrogens with zero attached hydrogens (tertiary/aromatic N) is 1. The molecule has 0 radical (unpaired) electrons. The Morgan fingerprint density at radius 1 is 1.44 bits per heavy atom. The number of carboxylic acids is 1. The van der Waals surface area contributed by atoms with Gasteiger partial charge in [0.1, 0.15) is 5.75 Å². The van der Waals surface area contributed by atoms with Crippen LogP contribution in [0.25, 0.3) is 0 Å². The maximum atomic E-state index is 11.7. The zero-order chi connectivity index (χ0) is 13.9. The van der Waals surface area contributed by atoms with E-state index in [0.29, 0.717) is 5.69 Å². The predicted octanol–water partition coefficient (Wildman–Crippen LogP) is 1.18. The van der Waals surface area contributed by atoms with Gasteiger partial charge in [0.25, 0.3) is 0 Å². The lowest BCUT2D eigenvalue weighted by atomic mass is 10.2. The van der Waals surface area contributed by atoms with E-state index in [4.69, 9.17) is 9.84 Å². The van der Waals surface area contributed by atoms with Gasteiger partial charge in [0.2, 0.25) is 10.0 Å². The van der Waals surface area contributed by atoms with Crippen molar-refractivity contribution in [2.75, 3.05) is 24.2 Å². The number of rotatable bonds is 5. The van der Waals surface area contributed by atoms with Crippen LogP contribution in [0.1, 0.15) is 17.3 Å². The quantitative estimate of drug-likeness (QED) is 0.870. The molecular formula is C11H15NO5S. The predicted molar refractivity (Wildman–Crippen MR) is 67.8 cm³/mol. The Labute approximate surface area is 106 Å². The molecule has 100 valence electrons. The van der Waals surface area contributed by atoms with Crippen molar-refractivity contribution < 1.29 is 23.1 Å². The maximum absolute atomic E-state index is 11.7. The van der Waals surface area contributed by atoms with Crippen LogP contribution in [-0.2, 0) is 10.0 Å². The van der Waals surface area contributed by atoms with Crippen LogP contribution in [-0.4, -0.2) is 39.4 Å². The fourth-order valence-corrected chi connectivity index (χ4v) is 2.25. The summed E-state index contributed by atoms with van der Waals surface area (Å²) in [6.45, 7) is 1.53. The molecule has 6 nitrogen and oxygen atoms in total. The molecule has 18 heavy (non-hydrogen) atoms. The molecule has 0 aliphatic carbocycles. The first-order valence-corrected chi connectivity index (χ1v) is 6.82. The fourth-order valence-electron chi connectivity index (χ4n) is 1.41. The minimum absolute atomic E-state index is 0.0397. The Morgan fingerprint density at radius 3 is 2.50 bits per heavy atom. The molecule has 0 aromatic heterocycles. The number of carboxylic acid groups (broad SMARTS) is 1. The highest BCUT2D eigenvalue weighted by Gasteiger charge is 2.20. The van der Waals surface area contributed by atoms with Gasteiger partial charge in [-0.25, -0.2) is 13.2 Å². The maximum Gasteiger partial charge on any atom is 0.335 e. The number of aromatic carboxylic acids is 1. The molecule has 1 aromatic rings. The first-order valence-electron chi connectivity index (χ1n) is 5.21. The number of hydrogen-bond donors (Lipinski definition) is 1. The molecule has 0 atom stereocenters. The summed E-state index contributed by atoms with van der Waals surface area (Å²) in [5.41, 5.74) is 0.349. The number of carbonyl (C=O) groups is 1. The normalized spacial score (nSPS) is 11.1. The second-order valence-corrected chi connectivity index (χ2v) is 5.85. The summed E-state index contributed by atoms with van der Waals surface area (Å²) in [6.07, 6.45) is 0. The van der Waals surface area contributed by atoms with Gasteiger partial charge < -0.3 is 9.84 Å². The standard InChI is InChI=1S/C11H15NO5S/c1-4-18(15,16)12(2)9-6-5-8(11(13)14)7-10(9)17-3/h5-7H,4H2,1-3H3,(H,13,14). The smallest absolute Gasteiger partial charge is 0.335 e. The highest BCUT2D eigenvalue weighted by molar-refractivity contribution is 7.92. The molecule has 1 aromatic carbocycles. The molecule has 0 unspecified atom stereocenters. The fraction of sp³-hybridized carbons (Fsp3) is 0.364. The number of ether oxygens (including phenoxy) is 1. The van der Waals surface area contributed by atoms with Gasteiger partial charge in [0.15, 0.2) is 0 Å². The van der Waals surface area contributed by atoms with Crippen LogP contribution in [0.3, 0.4) is 0 Å². The zero-order valence-corrected chi connectivity index (χ0v) is 11.2. The minimum atomic E-state index is -3.41. The van der Waals surface area contributed by atoms with Gasteiger partial charge in [-0.1, -0.05) is 0 Å². The van der Waals surface area contributed by atoms with E-state index in [0.717, 1.165) is 4.31 Å². The van der Waals surface area contributed by atoms with E-state index < -0.39 is 16.0 Å². The lowest BCUT2D eigenvalue weighted by Gasteiger charge is -2.21. The number of benzene rings is 1. The summed E-state index contributed by atoms with van der Waals surface area (Å²) >= 11 is 0. The lowest BCUT2D eigenvalue weighted by Crippen LogP contribution is -2.28.